The molecule has 2 aliphatic heterocycles. The Kier molecular flexibility index (Phi) is 11.3. The first-order valence-electron chi connectivity index (χ1n) is 11.1. The number of carbonyl (C=O) groups excluding carboxylic acids is 1. The summed E-state index contributed by atoms with van der Waals surface area (Å²) < 4.78 is 0. The van der Waals surface area contributed by atoms with Crippen molar-refractivity contribution in [3.8, 4) is 0 Å². The average Bonchev–Trinajstić information content (AvgIpc) is 2.81. The number of likely N-dealkylation sites (tertiary alicyclic amines) is 1. The maximum absolute atomic E-state index is 11.6. The van der Waals surface area contributed by atoms with Crippen LogP contribution in [0.3, 0.4) is 0 Å². The van der Waals surface area contributed by atoms with Gasteiger partial charge in [-0.2, -0.15) is 0 Å². The lowest BCUT2D eigenvalue weighted by Gasteiger charge is -2.35. The predicted octanol–water partition coefficient (Wildman–Crippen LogP) is 1.03. The molecule has 0 aliphatic carbocycles. The number of halogens is 1. The molecule has 174 valence electrons. The number of carbonyl (C=O) groups is 1. The van der Waals surface area contributed by atoms with E-state index in [1.807, 2.05) is 13.1 Å². The summed E-state index contributed by atoms with van der Waals surface area (Å²) in [5.41, 5.74) is 0. The van der Waals surface area contributed by atoms with Gasteiger partial charge in [0.2, 0.25) is 11.9 Å². The smallest absolute Gasteiger partial charge is 0.225 e. The van der Waals surface area contributed by atoms with Crippen molar-refractivity contribution in [2.75, 3.05) is 71.4 Å². The fourth-order valence-corrected chi connectivity index (χ4v) is 4.17. The molecular weight excluding hydrogens is 507 g/mol. The van der Waals surface area contributed by atoms with E-state index in [1.54, 1.807) is 19.4 Å². The van der Waals surface area contributed by atoms with E-state index >= 15 is 0 Å². The van der Waals surface area contributed by atoms with Gasteiger partial charge in [0.1, 0.15) is 0 Å². The quantitative estimate of drug-likeness (QED) is 0.230. The SMILES string of the molecule is CN=C(NCCCN1CCN(c2ncccn2)CC1)N1CCC(CC(=O)NC)CC1.I. The van der Waals surface area contributed by atoms with Gasteiger partial charge in [-0.3, -0.25) is 14.7 Å². The third-order valence-corrected chi connectivity index (χ3v) is 6.02. The second-order valence-electron chi connectivity index (χ2n) is 8.01. The Balaban J connectivity index is 0.00000341. The Morgan fingerprint density at radius 1 is 1.13 bits per heavy atom. The minimum atomic E-state index is 0. The van der Waals surface area contributed by atoms with Crippen LogP contribution in [-0.4, -0.2) is 98.1 Å². The number of piperidine rings is 1. The van der Waals surface area contributed by atoms with E-state index in [4.69, 9.17) is 0 Å². The number of aliphatic imine (C=N–C) groups is 1. The highest BCUT2D eigenvalue weighted by molar-refractivity contribution is 14.0. The van der Waals surface area contributed by atoms with Crippen LogP contribution in [-0.2, 0) is 4.79 Å². The molecule has 0 unspecified atom stereocenters. The molecule has 31 heavy (non-hydrogen) atoms. The van der Waals surface area contributed by atoms with Gasteiger partial charge in [-0.1, -0.05) is 0 Å². The zero-order valence-corrected chi connectivity index (χ0v) is 21.1. The Hall–Kier alpha value is -1.69. The molecule has 2 N–H and O–H groups in total. The molecule has 9 nitrogen and oxygen atoms in total. The molecule has 1 aromatic heterocycles. The molecule has 0 saturated carbocycles. The Labute approximate surface area is 203 Å². The van der Waals surface area contributed by atoms with Crippen molar-refractivity contribution < 1.29 is 4.79 Å². The number of anilines is 1. The highest BCUT2D eigenvalue weighted by Gasteiger charge is 2.23. The van der Waals surface area contributed by atoms with Crippen LogP contribution in [0.5, 0.6) is 0 Å². The third kappa shape index (κ3) is 8.06. The summed E-state index contributed by atoms with van der Waals surface area (Å²) in [4.78, 5) is 31.8. The number of hydrogen-bond donors (Lipinski definition) is 2. The van der Waals surface area contributed by atoms with Gasteiger partial charge in [0.15, 0.2) is 5.96 Å². The van der Waals surface area contributed by atoms with E-state index in [0.717, 1.165) is 83.5 Å². The molecule has 0 atom stereocenters. The monoisotopic (exact) mass is 544 g/mol. The molecule has 1 aromatic rings. The molecule has 2 fully saturated rings. The molecule has 0 aromatic carbocycles. The van der Waals surface area contributed by atoms with Crippen LogP contribution >= 0.6 is 24.0 Å². The predicted molar refractivity (Wildman–Crippen MR) is 135 cm³/mol. The minimum Gasteiger partial charge on any atom is -0.359 e. The van der Waals surface area contributed by atoms with Gasteiger partial charge in [0.05, 0.1) is 0 Å². The summed E-state index contributed by atoms with van der Waals surface area (Å²) in [7, 11) is 3.56. The van der Waals surface area contributed by atoms with Crippen molar-refractivity contribution in [3.63, 3.8) is 0 Å². The molecular formula is C21H37IN8O. The van der Waals surface area contributed by atoms with Gasteiger partial charge in [0, 0.05) is 78.7 Å². The van der Waals surface area contributed by atoms with Crippen LogP contribution in [0.25, 0.3) is 0 Å². The maximum atomic E-state index is 11.6. The normalized spacial score (nSPS) is 18.5. The summed E-state index contributed by atoms with van der Waals surface area (Å²) in [6.07, 6.45) is 7.43. The molecule has 0 bridgehead atoms. The van der Waals surface area contributed by atoms with Gasteiger partial charge in [0.25, 0.3) is 0 Å². The van der Waals surface area contributed by atoms with Crippen molar-refractivity contribution in [1.82, 2.24) is 30.4 Å². The topological polar surface area (TPSA) is 89.0 Å². The Morgan fingerprint density at radius 2 is 1.81 bits per heavy atom. The summed E-state index contributed by atoms with van der Waals surface area (Å²) in [5, 5.41) is 6.25. The number of nitrogens with zero attached hydrogens (tertiary/aromatic N) is 6. The molecule has 0 spiro atoms. The van der Waals surface area contributed by atoms with Gasteiger partial charge in [-0.05, 0) is 37.8 Å². The Bertz CT molecular complexity index is 673. The van der Waals surface area contributed by atoms with E-state index in [-0.39, 0.29) is 29.9 Å². The zero-order valence-electron chi connectivity index (χ0n) is 18.8. The third-order valence-electron chi connectivity index (χ3n) is 6.02. The van der Waals surface area contributed by atoms with E-state index in [0.29, 0.717) is 12.3 Å². The van der Waals surface area contributed by atoms with Crippen molar-refractivity contribution in [2.45, 2.75) is 25.7 Å². The van der Waals surface area contributed by atoms with Crippen molar-refractivity contribution in [3.05, 3.63) is 18.5 Å². The van der Waals surface area contributed by atoms with Crippen molar-refractivity contribution in [1.29, 1.82) is 0 Å². The van der Waals surface area contributed by atoms with Gasteiger partial charge >= 0.3 is 0 Å². The molecule has 10 heteroatoms. The summed E-state index contributed by atoms with van der Waals surface area (Å²) >= 11 is 0. The fraction of sp³-hybridized carbons (Fsp3) is 0.714. The van der Waals surface area contributed by atoms with Crippen LogP contribution in [0.2, 0.25) is 0 Å². The first-order chi connectivity index (χ1) is 14.7. The summed E-state index contributed by atoms with van der Waals surface area (Å²) in [6.45, 7) is 7.98. The van der Waals surface area contributed by atoms with Crippen molar-refractivity contribution >= 4 is 41.8 Å². The summed E-state index contributed by atoms with van der Waals surface area (Å²) in [6, 6.07) is 1.85. The molecule has 0 radical (unpaired) electrons. The Morgan fingerprint density at radius 3 is 2.42 bits per heavy atom. The highest BCUT2D eigenvalue weighted by Crippen LogP contribution is 2.20. The maximum Gasteiger partial charge on any atom is 0.225 e. The van der Waals surface area contributed by atoms with E-state index in [1.165, 1.54) is 0 Å². The molecule has 2 aliphatic rings. The standard InChI is InChI=1S/C21H36N8O.HI/c1-22-19(30)17-18-5-11-28(12-6-18)20(23-2)24-9-4-10-27-13-15-29(16-14-27)21-25-7-3-8-26-21;/h3,7-8,18H,4-6,9-17H2,1-2H3,(H,22,30)(H,23,24);1H. The van der Waals surface area contributed by atoms with Gasteiger partial charge < -0.3 is 20.4 Å². The number of amides is 1. The number of aromatic nitrogens is 2. The lowest BCUT2D eigenvalue weighted by molar-refractivity contribution is -0.121. The van der Waals surface area contributed by atoms with Crippen LogP contribution < -0.4 is 15.5 Å². The lowest BCUT2D eigenvalue weighted by atomic mass is 9.93. The number of nitrogens with one attached hydrogen (secondary N) is 2. The van der Waals surface area contributed by atoms with Gasteiger partial charge in [-0.25, -0.2) is 9.97 Å². The largest absolute Gasteiger partial charge is 0.359 e. The lowest BCUT2D eigenvalue weighted by Crippen LogP contribution is -2.48. The molecule has 2 saturated heterocycles. The van der Waals surface area contributed by atoms with Crippen LogP contribution in [0, 0.1) is 5.92 Å². The molecule has 3 rings (SSSR count). The number of hydrogen-bond acceptors (Lipinski definition) is 6. The molecule has 1 amide bonds. The van der Waals surface area contributed by atoms with E-state index < -0.39 is 0 Å². The van der Waals surface area contributed by atoms with E-state index in [2.05, 4.69) is 40.3 Å². The number of rotatable bonds is 7. The molecule has 3 heterocycles. The second kappa shape index (κ2) is 13.7. The van der Waals surface area contributed by atoms with E-state index in [9.17, 15) is 4.79 Å². The highest BCUT2D eigenvalue weighted by atomic mass is 127. The van der Waals surface area contributed by atoms with Gasteiger partial charge in [-0.15, -0.1) is 24.0 Å². The number of guanidine groups is 1. The minimum absolute atomic E-state index is 0. The van der Waals surface area contributed by atoms with Crippen LogP contribution in [0.15, 0.2) is 23.5 Å². The average molecular weight is 544 g/mol. The number of piperazine rings is 1. The first-order valence-corrected chi connectivity index (χ1v) is 11.1. The van der Waals surface area contributed by atoms with Crippen molar-refractivity contribution in [2.24, 2.45) is 10.9 Å². The second-order valence-corrected chi connectivity index (χ2v) is 8.01. The summed E-state index contributed by atoms with van der Waals surface area (Å²) in [5.74, 6) is 2.45. The van der Waals surface area contributed by atoms with Crippen LogP contribution in [0.1, 0.15) is 25.7 Å². The van der Waals surface area contributed by atoms with Crippen LogP contribution in [0.4, 0.5) is 5.95 Å². The zero-order chi connectivity index (χ0) is 21.2. The fourth-order valence-electron chi connectivity index (χ4n) is 4.17. The first kappa shape index (κ1) is 25.6.